The smallest absolute Gasteiger partial charge is 0.405 e. The van der Waals surface area contributed by atoms with Crippen LogP contribution in [0.2, 0.25) is 10.0 Å². The molecule has 0 saturated carbocycles. The van der Waals surface area contributed by atoms with Gasteiger partial charge in [-0.25, -0.2) is 9.78 Å². The number of rotatable bonds is 11. The molecule has 266 valence electrons. The van der Waals surface area contributed by atoms with Crippen LogP contribution in [0.1, 0.15) is 40.4 Å². The van der Waals surface area contributed by atoms with Crippen LogP contribution in [0.4, 0.5) is 10.5 Å². The molecule has 16 heteroatoms. The van der Waals surface area contributed by atoms with Gasteiger partial charge in [0.15, 0.2) is 5.82 Å². The van der Waals surface area contributed by atoms with Crippen LogP contribution in [0.5, 0.6) is 5.75 Å². The van der Waals surface area contributed by atoms with E-state index in [9.17, 15) is 19.2 Å². The fraction of sp³-hybridized carbons (Fsp3) is 0.314. The minimum absolute atomic E-state index is 0.0796. The first-order valence-electron chi connectivity index (χ1n) is 16.2. The summed E-state index contributed by atoms with van der Waals surface area (Å²) in [5.41, 5.74) is 5.12. The SMILES string of the molecule is COc1cc(-c2nccc(-c3cccc(NC(=O)c4nc5c(n4C)CCN(C(=O)CNC(=O)O)C5)c3Cl)c2Cl)ccc1CNCC1CCC(=O)N1. The molecule has 1 unspecified atom stereocenters. The Morgan fingerprint density at radius 2 is 1.90 bits per heavy atom. The van der Waals surface area contributed by atoms with E-state index in [-0.39, 0.29) is 41.8 Å². The number of benzene rings is 2. The van der Waals surface area contributed by atoms with Crippen molar-refractivity contribution in [2.75, 3.05) is 32.1 Å². The molecule has 4 amide bonds. The van der Waals surface area contributed by atoms with Crippen LogP contribution in [-0.4, -0.2) is 81.1 Å². The van der Waals surface area contributed by atoms with Crippen molar-refractivity contribution < 1.29 is 29.0 Å². The molecular weight excluding hydrogens is 699 g/mol. The number of fused-ring (bicyclic) bond motifs is 1. The Kier molecular flexibility index (Phi) is 10.7. The quantitative estimate of drug-likeness (QED) is 0.151. The first-order chi connectivity index (χ1) is 24.5. The van der Waals surface area contributed by atoms with E-state index in [0.29, 0.717) is 71.5 Å². The van der Waals surface area contributed by atoms with E-state index in [1.54, 1.807) is 49.2 Å². The molecule has 1 saturated heterocycles. The molecule has 1 atom stereocenters. The van der Waals surface area contributed by atoms with E-state index < -0.39 is 12.0 Å². The summed E-state index contributed by atoms with van der Waals surface area (Å²) >= 11 is 13.9. The highest BCUT2D eigenvalue weighted by atomic mass is 35.5. The molecule has 2 aliphatic heterocycles. The molecule has 4 heterocycles. The van der Waals surface area contributed by atoms with Crippen molar-refractivity contribution in [1.82, 2.24) is 35.4 Å². The van der Waals surface area contributed by atoms with Gasteiger partial charge >= 0.3 is 6.09 Å². The number of amides is 4. The summed E-state index contributed by atoms with van der Waals surface area (Å²) in [6.07, 6.45) is 2.18. The Hall–Kier alpha value is -5.18. The number of ether oxygens (including phenoxy) is 1. The Bertz CT molecular complexity index is 2020. The van der Waals surface area contributed by atoms with Crippen LogP contribution in [0, 0.1) is 0 Å². The van der Waals surface area contributed by atoms with Crippen LogP contribution >= 0.6 is 23.2 Å². The van der Waals surface area contributed by atoms with Crippen molar-refractivity contribution in [3.63, 3.8) is 0 Å². The van der Waals surface area contributed by atoms with Gasteiger partial charge in [-0.15, -0.1) is 0 Å². The fourth-order valence-corrected chi connectivity index (χ4v) is 6.92. The number of hydrogen-bond acceptors (Lipinski definition) is 8. The van der Waals surface area contributed by atoms with Gasteiger partial charge in [-0.05, 0) is 24.6 Å². The summed E-state index contributed by atoms with van der Waals surface area (Å²) in [6.45, 7) is 1.39. The predicted octanol–water partition coefficient (Wildman–Crippen LogP) is 4.24. The number of pyridine rings is 1. The zero-order valence-electron chi connectivity index (χ0n) is 27.9. The second-order valence-electron chi connectivity index (χ2n) is 12.2. The number of carbonyl (C=O) groups is 4. The Morgan fingerprint density at radius 1 is 1.10 bits per heavy atom. The monoisotopic (exact) mass is 734 g/mol. The van der Waals surface area contributed by atoms with Crippen molar-refractivity contribution in [3.05, 3.63) is 81.5 Å². The first kappa shape index (κ1) is 35.6. The second kappa shape index (κ2) is 15.4. The molecule has 0 radical (unpaired) electrons. The molecule has 6 rings (SSSR count). The van der Waals surface area contributed by atoms with Crippen molar-refractivity contribution in [2.24, 2.45) is 7.05 Å². The molecule has 0 aliphatic carbocycles. The van der Waals surface area contributed by atoms with Crippen LogP contribution < -0.4 is 26.0 Å². The molecule has 51 heavy (non-hydrogen) atoms. The van der Waals surface area contributed by atoms with Gasteiger partial charge in [-0.1, -0.05) is 47.5 Å². The fourth-order valence-electron chi connectivity index (χ4n) is 6.32. The third kappa shape index (κ3) is 7.77. The maximum Gasteiger partial charge on any atom is 0.405 e. The number of carboxylic acid groups (broad SMARTS) is 1. The summed E-state index contributed by atoms with van der Waals surface area (Å²) in [4.78, 5) is 58.8. The molecule has 0 spiro atoms. The van der Waals surface area contributed by atoms with Gasteiger partial charge in [0.2, 0.25) is 11.8 Å². The minimum Gasteiger partial charge on any atom is -0.496 e. The molecule has 2 aliphatic rings. The normalized spacial score (nSPS) is 15.3. The van der Waals surface area contributed by atoms with E-state index >= 15 is 0 Å². The number of aromatic nitrogens is 3. The molecule has 0 bridgehead atoms. The largest absolute Gasteiger partial charge is 0.496 e. The van der Waals surface area contributed by atoms with Gasteiger partial charge in [0.25, 0.3) is 5.91 Å². The Balaban J connectivity index is 1.18. The van der Waals surface area contributed by atoms with Gasteiger partial charge in [0.1, 0.15) is 12.3 Å². The highest BCUT2D eigenvalue weighted by molar-refractivity contribution is 6.39. The first-order valence-corrected chi connectivity index (χ1v) is 17.0. The average molecular weight is 736 g/mol. The lowest BCUT2D eigenvalue weighted by Crippen LogP contribution is -2.42. The highest BCUT2D eigenvalue weighted by Gasteiger charge is 2.28. The van der Waals surface area contributed by atoms with E-state index in [1.165, 1.54) is 4.90 Å². The predicted molar refractivity (Wildman–Crippen MR) is 191 cm³/mol. The number of methoxy groups -OCH3 is 1. The van der Waals surface area contributed by atoms with E-state index in [4.69, 9.17) is 33.0 Å². The lowest BCUT2D eigenvalue weighted by atomic mass is 10.0. The van der Waals surface area contributed by atoms with Gasteiger partial charge < -0.3 is 40.6 Å². The third-order valence-corrected chi connectivity index (χ3v) is 9.77. The number of nitrogens with one attached hydrogen (secondary N) is 4. The number of imidazole rings is 1. The van der Waals surface area contributed by atoms with Crippen LogP contribution in [0.15, 0.2) is 48.7 Å². The molecule has 5 N–H and O–H groups in total. The Morgan fingerprint density at radius 3 is 2.65 bits per heavy atom. The molecule has 14 nitrogen and oxygen atoms in total. The van der Waals surface area contributed by atoms with Crippen molar-refractivity contribution in [2.45, 2.75) is 38.4 Å². The van der Waals surface area contributed by atoms with E-state index in [0.717, 1.165) is 23.2 Å². The maximum absolute atomic E-state index is 13.5. The molecular formula is C35H36Cl2N8O6. The summed E-state index contributed by atoms with van der Waals surface area (Å²) < 4.78 is 7.38. The minimum atomic E-state index is -1.28. The summed E-state index contributed by atoms with van der Waals surface area (Å²) in [7, 11) is 3.33. The van der Waals surface area contributed by atoms with Crippen LogP contribution in [0.3, 0.4) is 0 Å². The number of anilines is 1. The topological polar surface area (TPSA) is 180 Å². The second-order valence-corrected chi connectivity index (χ2v) is 13.0. The van der Waals surface area contributed by atoms with Crippen molar-refractivity contribution in [3.8, 4) is 28.1 Å². The third-order valence-electron chi connectivity index (χ3n) is 8.98. The van der Waals surface area contributed by atoms with Crippen molar-refractivity contribution in [1.29, 1.82) is 0 Å². The van der Waals surface area contributed by atoms with Crippen LogP contribution in [0.25, 0.3) is 22.4 Å². The average Bonchev–Trinajstić information content (AvgIpc) is 3.69. The zero-order valence-corrected chi connectivity index (χ0v) is 29.4. The van der Waals surface area contributed by atoms with Gasteiger partial charge in [0.05, 0.1) is 40.8 Å². The summed E-state index contributed by atoms with van der Waals surface area (Å²) in [5, 5.41) is 20.7. The summed E-state index contributed by atoms with van der Waals surface area (Å²) in [5.74, 6) is 0.00917. The van der Waals surface area contributed by atoms with Gasteiger partial charge in [-0.2, -0.15) is 0 Å². The van der Waals surface area contributed by atoms with Crippen molar-refractivity contribution >= 4 is 52.7 Å². The lowest BCUT2D eigenvalue weighted by Gasteiger charge is -2.26. The van der Waals surface area contributed by atoms with E-state index in [2.05, 4.69) is 31.2 Å². The number of halogens is 2. The van der Waals surface area contributed by atoms with E-state index in [1.807, 2.05) is 18.2 Å². The molecule has 1 fully saturated rings. The molecule has 2 aromatic carbocycles. The highest BCUT2D eigenvalue weighted by Crippen LogP contribution is 2.41. The van der Waals surface area contributed by atoms with Crippen LogP contribution in [-0.2, 0) is 36.1 Å². The standard InChI is InChI=1S/C35H36Cl2N8O6/c1-44-26-11-13-45(29(47)17-40-35(49)50)18-25(26)42-33(44)34(48)43-24-5-3-4-22(30(24)36)23-10-12-39-32(31(23)37)19-6-7-20(27(14-19)51-2)15-38-16-21-8-9-28(46)41-21/h3-7,10,12,14,21,38,40H,8-9,11,13,15-18H2,1-2H3,(H,41,46)(H,43,48)(H,49,50). The lowest BCUT2D eigenvalue weighted by molar-refractivity contribution is -0.131. The molecule has 2 aromatic heterocycles. The Labute approximate surface area is 303 Å². The number of hydrogen-bond donors (Lipinski definition) is 5. The number of carbonyl (C=O) groups excluding carboxylic acids is 3. The van der Waals surface area contributed by atoms with Gasteiger partial charge in [0, 0.05) is 79.7 Å². The maximum atomic E-state index is 13.5. The van der Waals surface area contributed by atoms with Gasteiger partial charge in [-0.3, -0.25) is 19.4 Å². The summed E-state index contributed by atoms with van der Waals surface area (Å²) in [6, 6.07) is 12.8. The zero-order chi connectivity index (χ0) is 36.2. The molecule has 4 aromatic rings. The number of nitrogens with zero attached hydrogens (tertiary/aromatic N) is 4.